The van der Waals surface area contributed by atoms with Gasteiger partial charge in [-0.1, -0.05) is 18.2 Å². The Morgan fingerprint density at radius 3 is 2.53 bits per heavy atom. The molecule has 0 radical (unpaired) electrons. The third-order valence-corrected chi connectivity index (χ3v) is 5.44. The van der Waals surface area contributed by atoms with Gasteiger partial charge in [0, 0.05) is 30.7 Å². The standard InChI is InChI=1S/C23H25N3O4/c1-29-19-8-6-18(7-9-19)25-23(28)24-15-16-10-12-26(13-11-16)22(27)21-14-17-4-2-3-5-20(17)30-21/h2-9,14,16H,10-13,15H2,1H3,(H2,24,25,28). The average molecular weight is 407 g/mol. The van der Waals surface area contributed by atoms with Gasteiger partial charge in [0.1, 0.15) is 11.3 Å². The number of benzene rings is 2. The molecule has 2 heterocycles. The maximum atomic E-state index is 12.7. The van der Waals surface area contributed by atoms with Crippen molar-refractivity contribution in [2.75, 3.05) is 32.1 Å². The van der Waals surface area contributed by atoms with Crippen molar-refractivity contribution in [1.29, 1.82) is 0 Å². The summed E-state index contributed by atoms with van der Waals surface area (Å²) in [6, 6.07) is 16.4. The topological polar surface area (TPSA) is 83.8 Å². The summed E-state index contributed by atoms with van der Waals surface area (Å²) in [7, 11) is 1.60. The molecule has 0 atom stereocenters. The van der Waals surface area contributed by atoms with Crippen LogP contribution in [-0.4, -0.2) is 43.6 Å². The number of carbonyl (C=O) groups is 2. The van der Waals surface area contributed by atoms with Gasteiger partial charge in [0.25, 0.3) is 5.91 Å². The minimum atomic E-state index is -0.235. The Labute approximate surface area is 175 Å². The average Bonchev–Trinajstić information content (AvgIpc) is 3.22. The number of carbonyl (C=O) groups excluding carboxylic acids is 2. The molecule has 1 saturated heterocycles. The van der Waals surface area contributed by atoms with Gasteiger partial charge in [0.05, 0.1) is 7.11 Å². The Hall–Kier alpha value is -3.48. The van der Waals surface area contributed by atoms with E-state index in [0.717, 1.165) is 29.6 Å². The minimum Gasteiger partial charge on any atom is -0.497 e. The highest BCUT2D eigenvalue weighted by Crippen LogP contribution is 2.23. The summed E-state index contributed by atoms with van der Waals surface area (Å²) in [5.41, 5.74) is 1.43. The third-order valence-electron chi connectivity index (χ3n) is 5.44. The van der Waals surface area contributed by atoms with Crippen LogP contribution in [0, 0.1) is 5.92 Å². The number of nitrogens with zero attached hydrogens (tertiary/aromatic N) is 1. The summed E-state index contributed by atoms with van der Waals surface area (Å²) >= 11 is 0. The van der Waals surface area contributed by atoms with E-state index in [2.05, 4.69) is 10.6 Å². The molecule has 2 aromatic carbocycles. The van der Waals surface area contributed by atoms with Crippen LogP contribution < -0.4 is 15.4 Å². The Morgan fingerprint density at radius 1 is 1.10 bits per heavy atom. The fraction of sp³-hybridized carbons (Fsp3) is 0.304. The molecule has 156 valence electrons. The SMILES string of the molecule is COc1ccc(NC(=O)NCC2CCN(C(=O)c3cc4ccccc4o3)CC2)cc1. The van der Waals surface area contributed by atoms with Crippen molar-refractivity contribution in [3.05, 3.63) is 60.4 Å². The molecule has 2 N–H and O–H groups in total. The van der Waals surface area contributed by atoms with E-state index >= 15 is 0 Å². The number of furan rings is 1. The summed E-state index contributed by atoms with van der Waals surface area (Å²) in [6.45, 7) is 1.89. The van der Waals surface area contributed by atoms with Crippen LogP contribution in [0.2, 0.25) is 0 Å². The summed E-state index contributed by atoms with van der Waals surface area (Å²) in [5, 5.41) is 6.66. The second kappa shape index (κ2) is 8.90. The molecule has 4 rings (SSSR count). The zero-order valence-corrected chi connectivity index (χ0v) is 16.9. The molecule has 0 spiro atoms. The van der Waals surface area contributed by atoms with Gasteiger partial charge >= 0.3 is 6.03 Å². The molecule has 1 aliphatic heterocycles. The number of hydrogen-bond donors (Lipinski definition) is 2. The van der Waals surface area contributed by atoms with Gasteiger partial charge in [0.2, 0.25) is 0 Å². The number of fused-ring (bicyclic) bond motifs is 1. The molecular formula is C23H25N3O4. The Morgan fingerprint density at radius 2 is 1.83 bits per heavy atom. The molecule has 1 aliphatic rings. The van der Waals surface area contributed by atoms with E-state index in [-0.39, 0.29) is 11.9 Å². The second-order valence-corrected chi connectivity index (χ2v) is 7.45. The molecule has 0 bridgehead atoms. The lowest BCUT2D eigenvalue weighted by Crippen LogP contribution is -2.42. The van der Waals surface area contributed by atoms with Crippen molar-refractivity contribution in [2.24, 2.45) is 5.92 Å². The zero-order chi connectivity index (χ0) is 20.9. The van der Waals surface area contributed by atoms with Gasteiger partial charge in [-0.2, -0.15) is 0 Å². The zero-order valence-electron chi connectivity index (χ0n) is 16.9. The smallest absolute Gasteiger partial charge is 0.319 e. The quantitative estimate of drug-likeness (QED) is 0.667. The highest BCUT2D eigenvalue weighted by atomic mass is 16.5. The monoisotopic (exact) mass is 407 g/mol. The van der Waals surface area contributed by atoms with E-state index in [1.165, 1.54) is 0 Å². The first-order valence-electron chi connectivity index (χ1n) is 10.1. The van der Waals surface area contributed by atoms with Crippen LogP contribution in [0.5, 0.6) is 5.75 Å². The van der Waals surface area contributed by atoms with Crippen LogP contribution >= 0.6 is 0 Å². The van der Waals surface area contributed by atoms with Crippen molar-refractivity contribution in [3.8, 4) is 5.75 Å². The predicted molar refractivity (Wildman–Crippen MR) is 115 cm³/mol. The first-order chi connectivity index (χ1) is 14.6. The van der Waals surface area contributed by atoms with Crippen molar-refractivity contribution >= 4 is 28.6 Å². The number of piperidine rings is 1. The first kappa shape index (κ1) is 19.8. The fourth-order valence-corrected chi connectivity index (χ4v) is 3.67. The molecule has 0 saturated carbocycles. The number of ether oxygens (including phenoxy) is 1. The number of hydrogen-bond acceptors (Lipinski definition) is 4. The molecule has 1 aromatic heterocycles. The van der Waals surface area contributed by atoms with Crippen LogP contribution in [0.3, 0.4) is 0 Å². The highest BCUT2D eigenvalue weighted by molar-refractivity contribution is 5.96. The largest absolute Gasteiger partial charge is 0.497 e. The van der Waals surface area contributed by atoms with Crippen LogP contribution in [0.1, 0.15) is 23.4 Å². The number of urea groups is 1. The number of nitrogens with one attached hydrogen (secondary N) is 2. The van der Waals surface area contributed by atoms with Gasteiger partial charge in [-0.3, -0.25) is 4.79 Å². The molecule has 7 nitrogen and oxygen atoms in total. The predicted octanol–water partition coefficient (Wildman–Crippen LogP) is 4.12. The molecular weight excluding hydrogens is 382 g/mol. The summed E-state index contributed by atoms with van der Waals surface area (Å²) in [5.74, 6) is 1.39. The Kier molecular flexibility index (Phi) is 5.88. The van der Waals surface area contributed by atoms with E-state index in [1.54, 1.807) is 37.4 Å². The van der Waals surface area contributed by atoms with Gasteiger partial charge < -0.3 is 24.7 Å². The number of likely N-dealkylation sites (tertiary alicyclic amines) is 1. The maximum absolute atomic E-state index is 12.7. The van der Waals surface area contributed by atoms with Crippen molar-refractivity contribution in [2.45, 2.75) is 12.8 Å². The number of para-hydroxylation sites is 1. The van der Waals surface area contributed by atoms with Gasteiger partial charge in [-0.25, -0.2) is 4.79 Å². The van der Waals surface area contributed by atoms with Crippen molar-refractivity contribution < 1.29 is 18.7 Å². The molecule has 3 aromatic rings. The molecule has 0 unspecified atom stereocenters. The summed E-state index contributed by atoms with van der Waals surface area (Å²) in [4.78, 5) is 26.7. The lowest BCUT2D eigenvalue weighted by atomic mass is 9.96. The van der Waals surface area contributed by atoms with Crippen LogP contribution in [0.25, 0.3) is 11.0 Å². The number of methoxy groups -OCH3 is 1. The third kappa shape index (κ3) is 4.56. The highest BCUT2D eigenvalue weighted by Gasteiger charge is 2.26. The molecule has 30 heavy (non-hydrogen) atoms. The molecule has 1 fully saturated rings. The number of rotatable bonds is 5. The Balaban J connectivity index is 1.23. The fourth-order valence-electron chi connectivity index (χ4n) is 3.67. The second-order valence-electron chi connectivity index (χ2n) is 7.45. The number of amides is 3. The minimum absolute atomic E-state index is 0.0742. The van der Waals surface area contributed by atoms with Crippen LogP contribution in [0.15, 0.2) is 59.0 Å². The molecule has 0 aliphatic carbocycles. The van der Waals surface area contributed by atoms with Crippen LogP contribution in [0.4, 0.5) is 10.5 Å². The normalized spacial score (nSPS) is 14.5. The maximum Gasteiger partial charge on any atom is 0.319 e. The van der Waals surface area contributed by atoms with Crippen molar-refractivity contribution in [1.82, 2.24) is 10.2 Å². The van der Waals surface area contributed by atoms with E-state index in [0.29, 0.717) is 37.0 Å². The van der Waals surface area contributed by atoms with E-state index in [4.69, 9.17) is 9.15 Å². The van der Waals surface area contributed by atoms with Gasteiger partial charge in [-0.15, -0.1) is 0 Å². The van der Waals surface area contributed by atoms with E-state index < -0.39 is 0 Å². The van der Waals surface area contributed by atoms with Gasteiger partial charge in [0.15, 0.2) is 5.76 Å². The lowest BCUT2D eigenvalue weighted by molar-refractivity contribution is 0.0661. The van der Waals surface area contributed by atoms with Gasteiger partial charge in [-0.05, 0) is 55.2 Å². The number of anilines is 1. The lowest BCUT2D eigenvalue weighted by Gasteiger charge is -2.31. The first-order valence-corrected chi connectivity index (χ1v) is 10.1. The molecule has 7 heteroatoms. The van der Waals surface area contributed by atoms with E-state index in [1.807, 2.05) is 29.2 Å². The van der Waals surface area contributed by atoms with Crippen molar-refractivity contribution in [3.63, 3.8) is 0 Å². The molecule has 3 amide bonds. The summed E-state index contributed by atoms with van der Waals surface area (Å²) in [6.07, 6.45) is 1.68. The Bertz CT molecular complexity index is 987. The van der Waals surface area contributed by atoms with E-state index in [9.17, 15) is 9.59 Å². The summed E-state index contributed by atoms with van der Waals surface area (Å²) < 4.78 is 10.8. The van der Waals surface area contributed by atoms with Crippen LogP contribution in [-0.2, 0) is 0 Å².